The van der Waals surface area contributed by atoms with Gasteiger partial charge in [-0.25, -0.2) is 0 Å². The predicted molar refractivity (Wildman–Crippen MR) is 74.7 cm³/mol. The van der Waals surface area contributed by atoms with Crippen molar-refractivity contribution < 1.29 is 4.79 Å². The van der Waals surface area contributed by atoms with E-state index in [1.54, 1.807) is 12.1 Å². The lowest BCUT2D eigenvalue weighted by Crippen LogP contribution is -2.06. The molecular formula is C15H14ClNO. The van der Waals surface area contributed by atoms with E-state index in [0.717, 1.165) is 11.1 Å². The Morgan fingerprint density at radius 1 is 0.889 bits per heavy atom. The molecule has 2 rings (SSSR count). The van der Waals surface area contributed by atoms with Gasteiger partial charge in [-0.2, -0.15) is 0 Å². The molecule has 2 N–H and O–H groups in total. The average molecular weight is 260 g/mol. The van der Waals surface area contributed by atoms with Crippen LogP contribution in [0.15, 0.2) is 48.5 Å². The van der Waals surface area contributed by atoms with E-state index in [4.69, 9.17) is 17.3 Å². The van der Waals surface area contributed by atoms with E-state index in [-0.39, 0.29) is 5.78 Å². The first-order valence-electron chi connectivity index (χ1n) is 5.74. The third-order valence-corrected chi connectivity index (χ3v) is 2.95. The molecule has 0 fully saturated rings. The maximum absolute atomic E-state index is 11.9. The van der Waals surface area contributed by atoms with Crippen molar-refractivity contribution in [3.63, 3.8) is 0 Å². The molecule has 0 aromatic heterocycles. The summed E-state index contributed by atoms with van der Waals surface area (Å²) in [6.45, 7) is 0. The second kappa shape index (κ2) is 5.69. The fraction of sp³-hybridized carbons (Fsp3) is 0.133. The number of nitrogen functional groups attached to an aromatic ring is 1. The number of Topliss-reactive ketones (excluding diaryl/α,β-unsaturated/α-hetero) is 1. The molecule has 0 amide bonds. The van der Waals surface area contributed by atoms with E-state index < -0.39 is 0 Å². The standard InChI is InChI=1S/C15H14ClNO/c16-13-5-1-11(2-6-13)9-15(18)10-12-3-7-14(17)8-4-12/h1-8H,9-10,17H2. The van der Waals surface area contributed by atoms with Gasteiger partial charge in [-0.05, 0) is 35.4 Å². The molecule has 2 nitrogen and oxygen atoms in total. The molecule has 2 aromatic rings. The Morgan fingerprint density at radius 2 is 1.33 bits per heavy atom. The van der Waals surface area contributed by atoms with Crippen LogP contribution in [0.3, 0.4) is 0 Å². The van der Waals surface area contributed by atoms with Gasteiger partial charge in [-0.15, -0.1) is 0 Å². The van der Waals surface area contributed by atoms with Crippen LogP contribution < -0.4 is 5.73 Å². The van der Waals surface area contributed by atoms with Crippen molar-refractivity contribution in [1.82, 2.24) is 0 Å². The Bertz CT molecular complexity index is 482. The molecule has 0 unspecified atom stereocenters. The number of anilines is 1. The van der Waals surface area contributed by atoms with Gasteiger partial charge in [-0.3, -0.25) is 4.79 Å². The van der Waals surface area contributed by atoms with E-state index in [1.807, 2.05) is 36.4 Å². The number of ketones is 1. The summed E-state index contributed by atoms with van der Waals surface area (Å²) in [6, 6.07) is 14.7. The quantitative estimate of drug-likeness (QED) is 0.857. The third kappa shape index (κ3) is 3.60. The van der Waals surface area contributed by atoms with E-state index in [1.165, 1.54) is 0 Å². The summed E-state index contributed by atoms with van der Waals surface area (Å²) >= 11 is 5.80. The molecule has 0 atom stereocenters. The van der Waals surface area contributed by atoms with Crippen LogP contribution in [0, 0.1) is 0 Å². The van der Waals surface area contributed by atoms with Crippen molar-refractivity contribution in [3.8, 4) is 0 Å². The average Bonchev–Trinajstić information content (AvgIpc) is 2.35. The molecule has 0 bridgehead atoms. The second-order valence-electron chi connectivity index (χ2n) is 4.26. The summed E-state index contributed by atoms with van der Waals surface area (Å²) in [5, 5.41) is 0.685. The van der Waals surface area contributed by atoms with Crippen LogP contribution in [-0.4, -0.2) is 5.78 Å². The van der Waals surface area contributed by atoms with Gasteiger partial charge in [-0.1, -0.05) is 35.9 Å². The summed E-state index contributed by atoms with van der Waals surface area (Å²) in [7, 11) is 0. The maximum Gasteiger partial charge on any atom is 0.141 e. The number of nitrogens with two attached hydrogens (primary N) is 1. The van der Waals surface area contributed by atoms with Crippen LogP contribution in [0.5, 0.6) is 0 Å². The van der Waals surface area contributed by atoms with Gasteiger partial charge in [0.2, 0.25) is 0 Å². The highest BCUT2D eigenvalue weighted by atomic mass is 35.5. The number of hydrogen-bond acceptors (Lipinski definition) is 2. The van der Waals surface area contributed by atoms with E-state index in [9.17, 15) is 4.79 Å². The molecule has 0 aliphatic heterocycles. The zero-order chi connectivity index (χ0) is 13.0. The van der Waals surface area contributed by atoms with Crippen molar-refractivity contribution in [1.29, 1.82) is 0 Å². The highest BCUT2D eigenvalue weighted by Gasteiger charge is 2.05. The summed E-state index contributed by atoms with van der Waals surface area (Å²) in [5.41, 5.74) is 8.28. The lowest BCUT2D eigenvalue weighted by molar-refractivity contribution is -0.117. The summed E-state index contributed by atoms with van der Waals surface area (Å²) < 4.78 is 0. The Hall–Kier alpha value is -1.80. The fourth-order valence-electron chi connectivity index (χ4n) is 1.76. The van der Waals surface area contributed by atoms with Crippen molar-refractivity contribution >= 4 is 23.1 Å². The molecule has 0 aliphatic rings. The minimum absolute atomic E-state index is 0.182. The van der Waals surface area contributed by atoms with E-state index >= 15 is 0 Å². The molecule has 2 aromatic carbocycles. The van der Waals surface area contributed by atoms with E-state index in [0.29, 0.717) is 23.6 Å². The van der Waals surface area contributed by atoms with Crippen molar-refractivity contribution in [2.45, 2.75) is 12.8 Å². The van der Waals surface area contributed by atoms with Crippen molar-refractivity contribution in [3.05, 3.63) is 64.7 Å². The van der Waals surface area contributed by atoms with Crippen LogP contribution in [0.2, 0.25) is 5.02 Å². The van der Waals surface area contributed by atoms with Crippen molar-refractivity contribution in [2.24, 2.45) is 0 Å². The maximum atomic E-state index is 11.9. The molecule has 18 heavy (non-hydrogen) atoms. The molecule has 0 aliphatic carbocycles. The Kier molecular flexibility index (Phi) is 4.00. The topological polar surface area (TPSA) is 43.1 Å². The normalized spacial score (nSPS) is 10.3. The molecule has 0 radical (unpaired) electrons. The van der Waals surface area contributed by atoms with Crippen molar-refractivity contribution in [2.75, 3.05) is 5.73 Å². The number of carbonyl (C=O) groups is 1. The molecular weight excluding hydrogens is 246 g/mol. The van der Waals surface area contributed by atoms with Gasteiger partial charge in [0.15, 0.2) is 0 Å². The smallest absolute Gasteiger partial charge is 0.141 e. The summed E-state index contributed by atoms with van der Waals surface area (Å²) in [5.74, 6) is 0.182. The SMILES string of the molecule is Nc1ccc(CC(=O)Cc2ccc(Cl)cc2)cc1. The lowest BCUT2D eigenvalue weighted by Gasteiger charge is -2.03. The molecule has 0 heterocycles. The number of halogens is 1. The van der Waals surface area contributed by atoms with Crippen LogP contribution in [0.25, 0.3) is 0 Å². The molecule has 0 saturated carbocycles. The monoisotopic (exact) mass is 259 g/mol. The number of carbonyl (C=O) groups excluding carboxylic acids is 1. The second-order valence-corrected chi connectivity index (χ2v) is 4.70. The number of benzene rings is 2. The molecule has 3 heteroatoms. The van der Waals surface area contributed by atoms with Gasteiger partial charge >= 0.3 is 0 Å². The lowest BCUT2D eigenvalue weighted by atomic mass is 10.0. The largest absolute Gasteiger partial charge is 0.399 e. The van der Waals surface area contributed by atoms with Gasteiger partial charge in [0.05, 0.1) is 0 Å². The van der Waals surface area contributed by atoms with Gasteiger partial charge < -0.3 is 5.73 Å². The highest BCUT2D eigenvalue weighted by molar-refractivity contribution is 6.30. The van der Waals surface area contributed by atoms with Crippen LogP contribution in [0.1, 0.15) is 11.1 Å². The minimum Gasteiger partial charge on any atom is -0.399 e. The first-order valence-corrected chi connectivity index (χ1v) is 6.12. The minimum atomic E-state index is 0.182. The Labute approximate surface area is 111 Å². The first kappa shape index (κ1) is 12.7. The number of rotatable bonds is 4. The summed E-state index contributed by atoms with van der Waals surface area (Å²) in [4.78, 5) is 11.9. The highest BCUT2D eigenvalue weighted by Crippen LogP contribution is 2.12. The van der Waals surface area contributed by atoms with Crippen LogP contribution >= 0.6 is 11.6 Å². The molecule has 0 spiro atoms. The van der Waals surface area contributed by atoms with Crippen LogP contribution in [-0.2, 0) is 17.6 Å². The van der Waals surface area contributed by atoms with Crippen LogP contribution in [0.4, 0.5) is 5.69 Å². The zero-order valence-corrected chi connectivity index (χ0v) is 10.7. The van der Waals surface area contributed by atoms with Gasteiger partial charge in [0.25, 0.3) is 0 Å². The first-order chi connectivity index (χ1) is 8.63. The summed E-state index contributed by atoms with van der Waals surface area (Å²) in [6.07, 6.45) is 0.866. The van der Waals surface area contributed by atoms with E-state index in [2.05, 4.69) is 0 Å². The van der Waals surface area contributed by atoms with Gasteiger partial charge in [0.1, 0.15) is 5.78 Å². The zero-order valence-electron chi connectivity index (χ0n) is 9.90. The molecule has 92 valence electrons. The third-order valence-electron chi connectivity index (χ3n) is 2.70. The fourth-order valence-corrected chi connectivity index (χ4v) is 1.88. The molecule has 0 saturated heterocycles. The predicted octanol–water partition coefficient (Wildman–Crippen LogP) is 3.28. The Morgan fingerprint density at radius 3 is 1.83 bits per heavy atom. The number of hydrogen-bond donors (Lipinski definition) is 1. The Balaban J connectivity index is 1.96. The van der Waals surface area contributed by atoms with Gasteiger partial charge in [0, 0.05) is 23.6 Å².